The predicted octanol–water partition coefficient (Wildman–Crippen LogP) is 1.39. The minimum atomic E-state index is -0.0444. The van der Waals surface area contributed by atoms with Crippen LogP contribution >= 0.6 is 0 Å². The van der Waals surface area contributed by atoms with Gasteiger partial charge >= 0.3 is 0 Å². The first kappa shape index (κ1) is 15.2. The van der Waals surface area contributed by atoms with Gasteiger partial charge in [0.15, 0.2) is 0 Å². The molecule has 5 nitrogen and oxygen atoms in total. The van der Waals surface area contributed by atoms with E-state index in [2.05, 4.69) is 0 Å². The van der Waals surface area contributed by atoms with Crippen LogP contribution in [-0.4, -0.2) is 63.1 Å². The van der Waals surface area contributed by atoms with E-state index in [1.54, 1.807) is 0 Å². The van der Waals surface area contributed by atoms with Crippen molar-refractivity contribution in [1.29, 1.82) is 0 Å². The molecule has 6 unspecified atom stereocenters. The van der Waals surface area contributed by atoms with E-state index < -0.39 is 0 Å². The van der Waals surface area contributed by atoms with Crippen LogP contribution in [0.5, 0.6) is 0 Å². The maximum absolute atomic E-state index is 6.23. The van der Waals surface area contributed by atoms with Gasteiger partial charge in [-0.25, -0.2) is 0 Å². The number of ether oxygens (including phenoxy) is 5. The third-order valence-corrected chi connectivity index (χ3v) is 3.55. The Morgan fingerprint density at radius 3 is 1.53 bits per heavy atom. The van der Waals surface area contributed by atoms with Crippen LogP contribution in [0.4, 0.5) is 0 Å². The first-order chi connectivity index (χ1) is 9.17. The van der Waals surface area contributed by atoms with Gasteiger partial charge in [-0.3, -0.25) is 0 Å². The van der Waals surface area contributed by atoms with E-state index in [1.807, 2.05) is 27.7 Å². The van der Waals surface area contributed by atoms with Gasteiger partial charge in [0.25, 0.3) is 0 Å². The molecule has 112 valence electrons. The average molecular weight is 274 g/mol. The van der Waals surface area contributed by atoms with Crippen LogP contribution in [0.1, 0.15) is 27.7 Å². The van der Waals surface area contributed by atoms with Gasteiger partial charge in [0, 0.05) is 13.2 Å². The van der Waals surface area contributed by atoms with Gasteiger partial charge in [0.2, 0.25) is 0 Å². The first-order valence-electron chi connectivity index (χ1n) is 7.29. The second kappa shape index (κ2) is 6.99. The second-order valence-corrected chi connectivity index (χ2v) is 5.13. The van der Waals surface area contributed by atoms with Gasteiger partial charge in [-0.15, -0.1) is 0 Å². The van der Waals surface area contributed by atoms with E-state index in [4.69, 9.17) is 23.7 Å². The summed E-state index contributed by atoms with van der Waals surface area (Å²) in [5.41, 5.74) is 0. The van der Waals surface area contributed by atoms with Gasteiger partial charge < -0.3 is 23.7 Å². The number of hydrogen-bond acceptors (Lipinski definition) is 5. The summed E-state index contributed by atoms with van der Waals surface area (Å²) in [6.45, 7) is 10.9. The predicted molar refractivity (Wildman–Crippen MR) is 70.3 cm³/mol. The lowest BCUT2D eigenvalue weighted by molar-refractivity contribution is -0.146. The Bertz CT molecular complexity index is 239. The summed E-state index contributed by atoms with van der Waals surface area (Å²) in [7, 11) is 0. The summed E-state index contributed by atoms with van der Waals surface area (Å²) >= 11 is 0. The maximum Gasteiger partial charge on any atom is 0.112 e. The molecule has 0 radical (unpaired) electrons. The highest BCUT2D eigenvalue weighted by Gasteiger charge is 2.45. The normalized spacial score (nSPS) is 31.6. The standard InChI is InChI=1S/C14H26O5/c1-5-15-9(3)13(11-7-17-11)19-14(12-8-18-12)10(4)16-6-2/h9-14H,5-8H2,1-4H3. The summed E-state index contributed by atoms with van der Waals surface area (Å²) in [6.07, 6.45) is 0.252. The minimum absolute atomic E-state index is 0.0209. The lowest BCUT2D eigenvalue weighted by atomic mass is 10.1. The molecule has 2 fully saturated rings. The molecule has 0 amide bonds. The van der Waals surface area contributed by atoms with Crippen molar-refractivity contribution in [1.82, 2.24) is 0 Å². The van der Waals surface area contributed by atoms with Crippen LogP contribution in [0.25, 0.3) is 0 Å². The van der Waals surface area contributed by atoms with E-state index in [0.717, 1.165) is 13.2 Å². The van der Waals surface area contributed by atoms with Crippen molar-refractivity contribution >= 4 is 0 Å². The summed E-state index contributed by atoms with van der Waals surface area (Å²) in [6, 6.07) is 0. The van der Waals surface area contributed by atoms with Crippen LogP contribution < -0.4 is 0 Å². The van der Waals surface area contributed by atoms with Gasteiger partial charge in [0.05, 0.1) is 25.4 Å². The molecule has 5 heteroatoms. The number of epoxide rings is 2. The molecule has 0 aromatic carbocycles. The van der Waals surface area contributed by atoms with Crippen LogP contribution in [0.3, 0.4) is 0 Å². The average Bonchev–Trinajstić information content (AvgIpc) is 3.24. The Morgan fingerprint density at radius 2 is 1.26 bits per heavy atom. The number of rotatable bonds is 10. The molecule has 0 aliphatic carbocycles. The molecule has 0 saturated carbocycles. The SMILES string of the molecule is CCOC(C)C(OC(C(C)OCC)C1CO1)C1CO1. The smallest absolute Gasteiger partial charge is 0.112 e. The van der Waals surface area contributed by atoms with Crippen LogP contribution in [0.2, 0.25) is 0 Å². The Morgan fingerprint density at radius 1 is 0.895 bits per heavy atom. The van der Waals surface area contributed by atoms with Crippen molar-refractivity contribution in [2.75, 3.05) is 26.4 Å². The molecule has 0 N–H and O–H groups in total. The summed E-state index contributed by atoms with van der Waals surface area (Å²) < 4.78 is 28.3. The van der Waals surface area contributed by atoms with Crippen molar-refractivity contribution < 1.29 is 23.7 Å². The van der Waals surface area contributed by atoms with Gasteiger partial charge in [-0.1, -0.05) is 0 Å². The highest BCUT2D eigenvalue weighted by Crippen LogP contribution is 2.29. The Kier molecular flexibility index (Phi) is 5.59. The summed E-state index contributed by atoms with van der Waals surface area (Å²) in [5.74, 6) is 0. The van der Waals surface area contributed by atoms with E-state index in [1.165, 1.54) is 0 Å². The molecule has 2 rings (SSSR count). The van der Waals surface area contributed by atoms with E-state index in [0.29, 0.717) is 13.2 Å². The van der Waals surface area contributed by atoms with Crippen molar-refractivity contribution in [3.63, 3.8) is 0 Å². The fourth-order valence-corrected chi connectivity index (χ4v) is 2.39. The monoisotopic (exact) mass is 274 g/mol. The van der Waals surface area contributed by atoms with E-state index in [9.17, 15) is 0 Å². The van der Waals surface area contributed by atoms with Crippen LogP contribution in [0, 0.1) is 0 Å². The van der Waals surface area contributed by atoms with Gasteiger partial charge in [-0.2, -0.15) is 0 Å². The highest BCUT2D eigenvalue weighted by atomic mass is 16.7. The van der Waals surface area contributed by atoms with Crippen LogP contribution in [0.15, 0.2) is 0 Å². The molecule has 2 saturated heterocycles. The molecular formula is C14H26O5. The fourth-order valence-electron chi connectivity index (χ4n) is 2.39. The summed E-state index contributed by atoms with van der Waals surface area (Å²) in [5, 5.41) is 0. The maximum atomic E-state index is 6.23. The second-order valence-electron chi connectivity index (χ2n) is 5.13. The zero-order chi connectivity index (χ0) is 13.8. The molecule has 2 heterocycles. The largest absolute Gasteiger partial charge is 0.376 e. The quantitative estimate of drug-likeness (QED) is 0.563. The minimum Gasteiger partial charge on any atom is -0.376 e. The molecule has 6 atom stereocenters. The van der Waals surface area contributed by atoms with Gasteiger partial charge in [-0.05, 0) is 27.7 Å². The Hall–Kier alpha value is -0.200. The molecule has 0 bridgehead atoms. The van der Waals surface area contributed by atoms with Crippen molar-refractivity contribution in [2.24, 2.45) is 0 Å². The van der Waals surface area contributed by atoms with Crippen molar-refractivity contribution in [2.45, 2.75) is 64.3 Å². The molecule has 0 spiro atoms. The third-order valence-electron chi connectivity index (χ3n) is 3.55. The van der Waals surface area contributed by atoms with E-state index >= 15 is 0 Å². The molecule has 2 aliphatic heterocycles. The molecule has 19 heavy (non-hydrogen) atoms. The Labute approximate surface area is 115 Å². The molecular weight excluding hydrogens is 248 g/mol. The molecule has 2 aliphatic rings. The number of hydrogen-bond donors (Lipinski definition) is 0. The van der Waals surface area contributed by atoms with E-state index in [-0.39, 0.29) is 36.6 Å². The van der Waals surface area contributed by atoms with Crippen LogP contribution in [-0.2, 0) is 23.7 Å². The van der Waals surface area contributed by atoms with Crippen molar-refractivity contribution in [3.8, 4) is 0 Å². The van der Waals surface area contributed by atoms with Gasteiger partial charge in [0.1, 0.15) is 24.4 Å². The molecule has 0 aromatic rings. The zero-order valence-electron chi connectivity index (χ0n) is 12.3. The third kappa shape index (κ3) is 4.39. The summed E-state index contributed by atoms with van der Waals surface area (Å²) in [4.78, 5) is 0. The lowest BCUT2D eigenvalue weighted by Gasteiger charge is -2.30. The zero-order valence-corrected chi connectivity index (χ0v) is 12.3. The molecule has 0 aromatic heterocycles. The highest BCUT2D eigenvalue weighted by molar-refractivity contribution is 4.91. The van der Waals surface area contributed by atoms with Crippen molar-refractivity contribution in [3.05, 3.63) is 0 Å². The topological polar surface area (TPSA) is 52.8 Å². The Balaban J connectivity index is 1.92. The fraction of sp³-hybridized carbons (Fsp3) is 1.00. The lowest BCUT2D eigenvalue weighted by Crippen LogP contribution is -2.44. The first-order valence-corrected chi connectivity index (χ1v) is 7.29.